The van der Waals surface area contributed by atoms with E-state index in [1.807, 2.05) is 11.3 Å². The van der Waals surface area contributed by atoms with Crippen LogP contribution in [0.2, 0.25) is 0 Å². The molecule has 0 aromatic carbocycles. The molecule has 18 heavy (non-hydrogen) atoms. The van der Waals surface area contributed by atoms with Crippen LogP contribution in [0.5, 0.6) is 0 Å². The summed E-state index contributed by atoms with van der Waals surface area (Å²) >= 11 is 1.83. The Labute approximate surface area is 114 Å². The predicted molar refractivity (Wildman–Crippen MR) is 76.1 cm³/mol. The smallest absolute Gasteiger partial charge is 0.110 e. The molecular formula is C14H24N2OS. The first-order chi connectivity index (χ1) is 8.58. The van der Waals surface area contributed by atoms with Gasteiger partial charge >= 0.3 is 0 Å². The van der Waals surface area contributed by atoms with Crippen LogP contribution < -0.4 is 5.32 Å². The van der Waals surface area contributed by atoms with Crippen molar-refractivity contribution in [2.24, 2.45) is 5.92 Å². The minimum atomic E-state index is 0.350. The standard InChI is InChI=1S/C14H24N2OS/c1-9(2)15-13(12-6-5-7-17-8-12)14-16-10(3)11(4)18-14/h9,12-13,15H,5-8H2,1-4H3. The van der Waals surface area contributed by atoms with E-state index in [1.165, 1.54) is 28.4 Å². The summed E-state index contributed by atoms with van der Waals surface area (Å²) in [6, 6.07) is 0.823. The Bertz CT molecular complexity index is 364. The molecule has 1 aromatic heterocycles. The van der Waals surface area contributed by atoms with Gasteiger partial charge in [0.1, 0.15) is 5.01 Å². The molecule has 3 nitrogen and oxygen atoms in total. The summed E-state index contributed by atoms with van der Waals surface area (Å²) in [7, 11) is 0. The Morgan fingerprint density at radius 3 is 2.67 bits per heavy atom. The maximum Gasteiger partial charge on any atom is 0.110 e. The van der Waals surface area contributed by atoms with Crippen LogP contribution in [0.3, 0.4) is 0 Å². The van der Waals surface area contributed by atoms with Crippen molar-refractivity contribution in [2.75, 3.05) is 13.2 Å². The molecule has 0 bridgehead atoms. The molecule has 0 radical (unpaired) electrons. The zero-order valence-corrected chi connectivity index (χ0v) is 12.6. The minimum absolute atomic E-state index is 0.350. The van der Waals surface area contributed by atoms with Gasteiger partial charge in [0.2, 0.25) is 0 Å². The first kappa shape index (κ1) is 14.0. The summed E-state index contributed by atoms with van der Waals surface area (Å²) in [5, 5.41) is 4.91. The van der Waals surface area contributed by atoms with Crippen molar-refractivity contribution >= 4 is 11.3 Å². The Kier molecular flexibility index (Phi) is 4.76. The number of rotatable bonds is 4. The van der Waals surface area contributed by atoms with Gasteiger partial charge < -0.3 is 10.1 Å². The van der Waals surface area contributed by atoms with Gasteiger partial charge in [-0.15, -0.1) is 11.3 Å². The first-order valence-corrected chi connectivity index (χ1v) is 7.67. The van der Waals surface area contributed by atoms with Crippen molar-refractivity contribution in [3.63, 3.8) is 0 Å². The zero-order chi connectivity index (χ0) is 13.1. The highest BCUT2D eigenvalue weighted by Crippen LogP contribution is 2.32. The molecule has 4 heteroatoms. The van der Waals surface area contributed by atoms with Crippen LogP contribution in [0, 0.1) is 19.8 Å². The molecule has 1 aliphatic heterocycles. The second-order valence-corrected chi connectivity index (χ2v) is 6.70. The molecule has 0 saturated carbocycles. The number of thiazole rings is 1. The third-order valence-electron chi connectivity index (χ3n) is 3.49. The fourth-order valence-corrected chi connectivity index (χ4v) is 3.50. The second kappa shape index (κ2) is 6.13. The molecule has 2 atom stereocenters. The normalized spacial score (nSPS) is 22.4. The topological polar surface area (TPSA) is 34.2 Å². The zero-order valence-electron chi connectivity index (χ0n) is 11.8. The molecule has 1 N–H and O–H groups in total. The van der Waals surface area contributed by atoms with E-state index < -0.39 is 0 Å². The summed E-state index contributed by atoms with van der Waals surface area (Å²) < 4.78 is 5.64. The maximum atomic E-state index is 5.64. The van der Waals surface area contributed by atoms with Crippen molar-refractivity contribution in [3.8, 4) is 0 Å². The molecule has 0 amide bonds. The molecule has 1 aliphatic rings. The molecule has 1 fully saturated rings. The van der Waals surface area contributed by atoms with Crippen molar-refractivity contribution in [1.82, 2.24) is 10.3 Å². The molecule has 2 unspecified atom stereocenters. The Hall–Kier alpha value is -0.450. The van der Waals surface area contributed by atoms with Gasteiger partial charge in [-0.05, 0) is 26.7 Å². The summed E-state index contributed by atoms with van der Waals surface area (Å²) in [5.74, 6) is 0.561. The van der Waals surface area contributed by atoms with Crippen molar-refractivity contribution in [2.45, 2.75) is 52.6 Å². The maximum absolute atomic E-state index is 5.64. The second-order valence-electron chi connectivity index (χ2n) is 5.47. The van der Waals surface area contributed by atoms with Gasteiger partial charge in [-0.1, -0.05) is 13.8 Å². The quantitative estimate of drug-likeness (QED) is 0.910. The highest BCUT2D eigenvalue weighted by atomic mass is 32.1. The number of nitrogens with one attached hydrogen (secondary N) is 1. The Morgan fingerprint density at radius 2 is 2.17 bits per heavy atom. The molecule has 1 aromatic rings. The van der Waals surface area contributed by atoms with Gasteiger partial charge in [-0.2, -0.15) is 0 Å². The molecule has 1 saturated heterocycles. The monoisotopic (exact) mass is 268 g/mol. The average Bonchev–Trinajstić information content (AvgIpc) is 2.67. The lowest BCUT2D eigenvalue weighted by Crippen LogP contribution is -2.37. The van der Waals surface area contributed by atoms with Gasteiger partial charge in [0.05, 0.1) is 18.3 Å². The van der Waals surface area contributed by atoms with Crippen LogP contribution in [-0.2, 0) is 4.74 Å². The first-order valence-electron chi connectivity index (χ1n) is 6.85. The summed E-state index contributed by atoms with van der Waals surface area (Å²) in [6.07, 6.45) is 2.41. The molecular weight excluding hydrogens is 244 g/mol. The summed E-state index contributed by atoms with van der Waals surface area (Å²) in [4.78, 5) is 6.07. The van der Waals surface area contributed by atoms with Crippen molar-refractivity contribution < 1.29 is 4.74 Å². The van der Waals surface area contributed by atoms with Crippen LogP contribution in [0.25, 0.3) is 0 Å². The predicted octanol–water partition coefficient (Wildman–Crippen LogP) is 3.23. The van der Waals surface area contributed by atoms with Crippen LogP contribution >= 0.6 is 11.3 Å². The van der Waals surface area contributed by atoms with E-state index in [0.29, 0.717) is 18.0 Å². The van der Waals surface area contributed by atoms with Gasteiger partial charge in [0.15, 0.2) is 0 Å². The molecule has 2 heterocycles. The van der Waals surface area contributed by atoms with E-state index in [4.69, 9.17) is 9.72 Å². The third-order valence-corrected chi connectivity index (χ3v) is 4.65. The number of hydrogen-bond acceptors (Lipinski definition) is 4. The largest absolute Gasteiger partial charge is 0.381 e. The van der Waals surface area contributed by atoms with E-state index >= 15 is 0 Å². The number of hydrogen-bond donors (Lipinski definition) is 1. The SMILES string of the molecule is Cc1nc(C(NC(C)C)C2CCCOC2)sc1C. The molecule has 0 spiro atoms. The van der Waals surface area contributed by atoms with E-state index in [9.17, 15) is 0 Å². The number of nitrogens with zero attached hydrogens (tertiary/aromatic N) is 1. The summed E-state index contributed by atoms with van der Waals surface area (Å²) in [6.45, 7) is 10.4. The molecule has 2 rings (SSSR count). The lowest BCUT2D eigenvalue weighted by Gasteiger charge is -2.31. The third kappa shape index (κ3) is 3.31. The fourth-order valence-electron chi connectivity index (χ4n) is 2.43. The van der Waals surface area contributed by atoms with Crippen LogP contribution in [0.4, 0.5) is 0 Å². The highest BCUT2D eigenvalue weighted by Gasteiger charge is 2.28. The summed E-state index contributed by atoms with van der Waals surface area (Å²) in [5.41, 5.74) is 1.17. The fraction of sp³-hybridized carbons (Fsp3) is 0.786. The minimum Gasteiger partial charge on any atom is -0.381 e. The average molecular weight is 268 g/mol. The van der Waals surface area contributed by atoms with Crippen molar-refractivity contribution in [3.05, 3.63) is 15.6 Å². The van der Waals surface area contributed by atoms with E-state index in [0.717, 1.165) is 13.2 Å². The molecule has 102 valence electrons. The van der Waals surface area contributed by atoms with Gasteiger partial charge in [0, 0.05) is 23.4 Å². The van der Waals surface area contributed by atoms with Crippen LogP contribution in [0.1, 0.15) is 48.3 Å². The lowest BCUT2D eigenvalue weighted by molar-refractivity contribution is 0.0376. The lowest BCUT2D eigenvalue weighted by atomic mass is 9.93. The van der Waals surface area contributed by atoms with E-state index in [1.54, 1.807) is 0 Å². The Balaban J connectivity index is 2.17. The number of ether oxygens (including phenoxy) is 1. The van der Waals surface area contributed by atoms with Gasteiger partial charge in [0.25, 0.3) is 0 Å². The van der Waals surface area contributed by atoms with Crippen LogP contribution in [-0.4, -0.2) is 24.2 Å². The molecule has 0 aliphatic carbocycles. The Morgan fingerprint density at radius 1 is 1.39 bits per heavy atom. The number of aryl methyl sites for hydroxylation is 2. The van der Waals surface area contributed by atoms with E-state index in [2.05, 4.69) is 33.0 Å². The van der Waals surface area contributed by atoms with Crippen LogP contribution in [0.15, 0.2) is 0 Å². The van der Waals surface area contributed by atoms with Crippen molar-refractivity contribution in [1.29, 1.82) is 0 Å². The highest BCUT2D eigenvalue weighted by molar-refractivity contribution is 7.11. The van der Waals surface area contributed by atoms with Gasteiger partial charge in [-0.3, -0.25) is 0 Å². The number of aromatic nitrogens is 1. The van der Waals surface area contributed by atoms with Gasteiger partial charge in [-0.25, -0.2) is 4.98 Å². The van der Waals surface area contributed by atoms with E-state index in [-0.39, 0.29) is 0 Å².